The van der Waals surface area contributed by atoms with Crippen LogP contribution in [0.25, 0.3) is 0 Å². The van der Waals surface area contributed by atoms with Crippen LogP contribution in [-0.2, 0) is 9.47 Å². The van der Waals surface area contributed by atoms with Crippen LogP contribution in [0, 0.1) is 29.6 Å². The van der Waals surface area contributed by atoms with Crippen LogP contribution in [-0.4, -0.2) is 24.9 Å². The Balaban J connectivity index is 1.46. The van der Waals surface area contributed by atoms with E-state index in [0.29, 0.717) is 12.7 Å². The average Bonchev–Trinajstić information content (AvgIpc) is 2.94. The van der Waals surface area contributed by atoms with Gasteiger partial charge in [0, 0.05) is 6.42 Å². The van der Waals surface area contributed by atoms with Crippen LogP contribution in [0.3, 0.4) is 0 Å². The van der Waals surface area contributed by atoms with Crippen molar-refractivity contribution >= 4 is 0 Å². The molecule has 0 aromatic heterocycles. The molecule has 1 heterocycles. The Kier molecular flexibility index (Phi) is 3.21. The molecule has 2 nitrogen and oxygen atoms in total. The van der Waals surface area contributed by atoms with Crippen molar-refractivity contribution in [3.8, 4) is 11.8 Å². The van der Waals surface area contributed by atoms with Gasteiger partial charge in [-0.15, -0.1) is 0 Å². The molecular formula is C16H22O2. The maximum absolute atomic E-state index is 5.77. The molecule has 2 heteroatoms. The van der Waals surface area contributed by atoms with Crippen LogP contribution in [0.4, 0.5) is 0 Å². The maximum Gasteiger partial charge on any atom is 0.123 e. The molecule has 2 fully saturated rings. The van der Waals surface area contributed by atoms with E-state index in [9.17, 15) is 0 Å². The first-order valence-electron chi connectivity index (χ1n) is 7.06. The summed E-state index contributed by atoms with van der Waals surface area (Å²) in [4.78, 5) is 0. The van der Waals surface area contributed by atoms with Gasteiger partial charge >= 0.3 is 0 Å². The highest BCUT2D eigenvalue weighted by Gasteiger charge is 2.34. The third-order valence-corrected chi connectivity index (χ3v) is 4.20. The fourth-order valence-corrected chi connectivity index (χ4v) is 3.03. The third-order valence-electron chi connectivity index (χ3n) is 4.20. The predicted molar refractivity (Wildman–Crippen MR) is 71.0 cm³/mol. The standard InChI is InChI=1S/C16H22O2/c1-16(2,18-11-15-10-17-15)7-3-4-13-8-12-5-6-14(13)9-12/h5-6,12-15H,4,8-11H2,1-2H3/t12-,13+,14+,15+/m1/s1. The maximum atomic E-state index is 5.77. The molecule has 1 saturated carbocycles. The molecule has 0 amide bonds. The zero-order chi connectivity index (χ0) is 12.6. The summed E-state index contributed by atoms with van der Waals surface area (Å²) in [7, 11) is 0. The molecule has 3 aliphatic rings. The van der Waals surface area contributed by atoms with Gasteiger partial charge in [-0.05, 0) is 44.4 Å². The topological polar surface area (TPSA) is 21.8 Å². The highest BCUT2D eigenvalue weighted by molar-refractivity contribution is 5.16. The van der Waals surface area contributed by atoms with E-state index in [1.807, 2.05) is 13.8 Å². The number of hydrogen-bond donors (Lipinski definition) is 0. The van der Waals surface area contributed by atoms with Crippen molar-refractivity contribution in [2.45, 2.75) is 44.8 Å². The summed E-state index contributed by atoms with van der Waals surface area (Å²) >= 11 is 0. The molecule has 1 aliphatic heterocycles. The molecule has 2 aliphatic carbocycles. The molecule has 0 aromatic carbocycles. The number of ether oxygens (including phenoxy) is 2. The molecule has 0 N–H and O–H groups in total. The van der Waals surface area contributed by atoms with Gasteiger partial charge < -0.3 is 9.47 Å². The Bertz CT molecular complexity index is 395. The Morgan fingerprint density at radius 3 is 2.78 bits per heavy atom. The molecule has 3 rings (SSSR count). The quantitative estimate of drug-likeness (QED) is 0.432. The van der Waals surface area contributed by atoms with E-state index in [-0.39, 0.29) is 5.60 Å². The van der Waals surface area contributed by atoms with Gasteiger partial charge in [0.15, 0.2) is 0 Å². The van der Waals surface area contributed by atoms with E-state index >= 15 is 0 Å². The summed E-state index contributed by atoms with van der Waals surface area (Å²) in [5.41, 5.74) is -0.334. The van der Waals surface area contributed by atoms with Crippen molar-refractivity contribution in [1.82, 2.24) is 0 Å². The second-order valence-corrected chi connectivity index (χ2v) is 6.32. The van der Waals surface area contributed by atoms with E-state index in [0.717, 1.165) is 30.8 Å². The monoisotopic (exact) mass is 246 g/mol. The molecular weight excluding hydrogens is 224 g/mol. The molecule has 18 heavy (non-hydrogen) atoms. The molecule has 0 radical (unpaired) electrons. The Hall–Kier alpha value is -0.780. The minimum Gasteiger partial charge on any atom is -0.371 e. The fraction of sp³-hybridized carbons (Fsp3) is 0.750. The first-order valence-corrected chi connectivity index (χ1v) is 7.06. The predicted octanol–water partition coefficient (Wildman–Crippen LogP) is 2.79. The molecule has 2 bridgehead atoms. The van der Waals surface area contributed by atoms with E-state index in [1.54, 1.807) is 0 Å². The Morgan fingerprint density at radius 1 is 1.33 bits per heavy atom. The molecule has 0 aromatic rings. The first kappa shape index (κ1) is 12.3. The van der Waals surface area contributed by atoms with Crippen molar-refractivity contribution < 1.29 is 9.47 Å². The fourth-order valence-electron chi connectivity index (χ4n) is 3.03. The number of fused-ring (bicyclic) bond motifs is 2. The highest BCUT2D eigenvalue weighted by Crippen LogP contribution is 2.44. The summed E-state index contributed by atoms with van der Waals surface area (Å²) < 4.78 is 10.9. The molecule has 98 valence electrons. The van der Waals surface area contributed by atoms with Crippen LogP contribution in [0.15, 0.2) is 12.2 Å². The van der Waals surface area contributed by atoms with Crippen molar-refractivity contribution in [2.24, 2.45) is 17.8 Å². The van der Waals surface area contributed by atoms with E-state index in [4.69, 9.17) is 9.47 Å². The average molecular weight is 246 g/mol. The Morgan fingerprint density at radius 2 is 2.17 bits per heavy atom. The van der Waals surface area contributed by atoms with Crippen LogP contribution in [0.5, 0.6) is 0 Å². The lowest BCUT2D eigenvalue weighted by molar-refractivity contribution is 0.0177. The van der Waals surface area contributed by atoms with E-state index < -0.39 is 0 Å². The van der Waals surface area contributed by atoms with E-state index in [2.05, 4.69) is 24.0 Å². The van der Waals surface area contributed by atoms with Gasteiger partial charge in [-0.25, -0.2) is 0 Å². The lowest BCUT2D eigenvalue weighted by atomic mass is 9.90. The van der Waals surface area contributed by atoms with Gasteiger partial charge in [-0.1, -0.05) is 24.0 Å². The van der Waals surface area contributed by atoms with Gasteiger partial charge in [0.25, 0.3) is 0 Å². The second-order valence-electron chi connectivity index (χ2n) is 6.32. The zero-order valence-electron chi connectivity index (χ0n) is 11.3. The number of epoxide rings is 1. The smallest absolute Gasteiger partial charge is 0.123 e. The molecule has 1 saturated heterocycles. The Labute approximate surface area is 110 Å². The zero-order valence-corrected chi connectivity index (χ0v) is 11.3. The van der Waals surface area contributed by atoms with Crippen LogP contribution >= 0.6 is 0 Å². The van der Waals surface area contributed by atoms with Crippen molar-refractivity contribution in [3.05, 3.63) is 12.2 Å². The normalized spacial score (nSPS) is 36.6. The van der Waals surface area contributed by atoms with Crippen molar-refractivity contribution in [3.63, 3.8) is 0 Å². The molecule has 0 unspecified atom stereocenters. The SMILES string of the molecule is CC(C)(C#CC[C@H]1C[C@H]2C=C[C@H]1C2)OC[C@@H]1CO1. The van der Waals surface area contributed by atoms with Crippen LogP contribution in [0.2, 0.25) is 0 Å². The van der Waals surface area contributed by atoms with Gasteiger partial charge in [0.05, 0.1) is 13.2 Å². The van der Waals surface area contributed by atoms with Gasteiger partial charge in [-0.2, -0.15) is 0 Å². The third kappa shape index (κ3) is 2.96. The van der Waals surface area contributed by atoms with Gasteiger partial charge in [0.2, 0.25) is 0 Å². The summed E-state index contributed by atoms with van der Waals surface area (Å²) in [6.07, 6.45) is 8.84. The minimum atomic E-state index is -0.334. The summed E-state index contributed by atoms with van der Waals surface area (Å²) in [5.74, 6) is 9.06. The lowest BCUT2D eigenvalue weighted by Gasteiger charge is -2.19. The molecule has 4 atom stereocenters. The number of hydrogen-bond acceptors (Lipinski definition) is 2. The second kappa shape index (κ2) is 4.72. The highest BCUT2D eigenvalue weighted by atomic mass is 16.6. The van der Waals surface area contributed by atoms with E-state index in [1.165, 1.54) is 12.8 Å². The van der Waals surface area contributed by atoms with Gasteiger partial charge in [0.1, 0.15) is 11.7 Å². The van der Waals surface area contributed by atoms with Gasteiger partial charge in [-0.3, -0.25) is 0 Å². The summed E-state index contributed by atoms with van der Waals surface area (Å²) in [5, 5.41) is 0. The summed E-state index contributed by atoms with van der Waals surface area (Å²) in [6, 6.07) is 0. The number of allylic oxidation sites excluding steroid dienone is 2. The number of rotatable bonds is 4. The van der Waals surface area contributed by atoms with Crippen LogP contribution in [0.1, 0.15) is 33.1 Å². The minimum absolute atomic E-state index is 0.321. The summed E-state index contributed by atoms with van der Waals surface area (Å²) in [6.45, 7) is 5.62. The largest absolute Gasteiger partial charge is 0.371 e. The lowest BCUT2D eigenvalue weighted by Crippen LogP contribution is -2.24. The van der Waals surface area contributed by atoms with Crippen molar-refractivity contribution in [2.75, 3.05) is 13.2 Å². The molecule has 0 spiro atoms. The van der Waals surface area contributed by atoms with Crippen molar-refractivity contribution in [1.29, 1.82) is 0 Å². The van der Waals surface area contributed by atoms with Crippen LogP contribution < -0.4 is 0 Å². The first-order chi connectivity index (χ1) is 8.62.